The van der Waals surface area contributed by atoms with Crippen molar-refractivity contribution in [3.8, 4) is 17.1 Å². The summed E-state index contributed by atoms with van der Waals surface area (Å²) in [6, 6.07) is 3.23. The van der Waals surface area contributed by atoms with Gasteiger partial charge >= 0.3 is 6.09 Å². The van der Waals surface area contributed by atoms with Gasteiger partial charge in [-0.15, -0.1) is 5.10 Å². The predicted octanol–water partition coefficient (Wildman–Crippen LogP) is 2.26. The van der Waals surface area contributed by atoms with Gasteiger partial charge in [-0.05, 0) is 37.8 Å². The number of carbonyl (C=O) groups is 1. The molecule has 25 heavy (non-hydrogen) atoms. The van der Waals surface area contributed by atoms with Crippen LogP contribution in [0.15, 0.2) is 12.1 Å². The number of ether oxygens (including phenoxy) is 1. The van der Waals surface area contributed by atoms with Crippen molar-refractivity contribution in [3.05, 3.63) is 23.5 Å². The van der Waals surface area contributed by atoms with Crippen molar-refractivity contribution in [1.82, 2.24) is 24.9 Å². The minimum Gasteiger partial charge on any atom is -0.506 e. The second-order valence-corrected chi connectivity index (χ2v) is 6.54. The van der Waals surface area contributed by atoms with Gasteiger partial charge in [0.15, 0.2) is 0 Å². The Morgan fingerprint density at radius 3 is 2.84 bits per heavy atom. The van der Waals surface area contributed by atoms with Gasteiger partial charge in [-0.1, -0.05) is 11.6 Å². The summed E-state index contributed by atoms with van der Waals surface area (Å²) >= 11 is 0. The third-order valence-electron chi connectivity index (χ3n) is 4.64. The van der Waals surface area contributed by atoms with Crippen LogP contribution in [-0.4, -0.2) is 49.7 Å². The Labute approximate surface area is 146 Å². The van der Waals surface area contributed by atoms with Crippen LogP contribution >= 0.6 is 0 Å². The maximum atomic E-state index is 12.2. The Hall–Kier alpha value is -2.64. The van der Waals surface area contributed by atoms with Crippen LogP contribution in [0.25, 0.3) is 11.4 Å². The first-order valence-corrected chi connectivity index (χ1v) is 8.39. The van der Waals surface area contributed by atoms with Crippen molar-refractivity contribution in [2.24, 2.45) is 13.0 Å². The minimum atomic E-state index is -0.353. The van der Waals surface area contributed by atoms with Gasteiger partial charge in [0.1, 0.15) is 23.7 Å². The smallest absolute Gasteiger partial charge is 0.409 e. The van der Waals surface area contributed by atoms with E-state index >= 15 is 0 Å². The third-order valence-corrected chi connectivity index (χ3v) is 4.64. The summed E-state index contributed by atoms with van der Waals surface area (Å²) in [6.45, 7) is 2.51. The largest absolute Gasteiger partial charge is 0.506 e. The highest BCUT2D eigenvalue weighted by atomic mass is 16.6. The molecule has 0 aromatic carbocycles. The van der Waals surface area contributed by atoms with Crippen molar-refractivity contribution < 1.29 is 14.6 Å². The molecule has 8 heteroatoms. The fraction of sp³-hybridized carbons (Fsp3) is 0.529. The molecule has 0 radical (unpaired) electrons. The van der Waals surface area contributed by atoms with Crippen molar-refractivity contribution >= 4 is 6.09 Å². The maximum absolute atomic E-state index is 12.2. The van der Waals surface area contributed by atoms with E-state index in [-0.39, 0.29) is 18.4 Å². The molecule has 1 saturated carbocycles. The minimum absolute atomic E-state index is 0.0638. The monoisotopic (exact) mass is 345 g/mol. The van der Waals surface area contributed by atoms with E-state index in [0.29, 0.717) is 28.7 Å². The fourth-order valence-corrected chi connectivity index (χ4v) is 2.80. The summed E-state index contributed by atoms with van der Waals surface area (Å²) in [5.41, 5.74) is 2.28. The summed E-state index contributed by atoms with van der Waals surface area (Å²) in [6.07, 6.45) is 3.25. The van der Waals surface area contributed by atoms with Gasteiger partial charge in [-0.3, -0.25) is 0 Å². The van der Waals surface area contributed by atoms with Crippen LogP contribution < -0.4 is 0 Å². The van der Waals surface area contributed by atoms with Gasteiger partial charge in [0, 0.05) is 20.6 Å². The average Bonchev–Trinajstić information content (AvgIpc) is 2.91. The Bertz CT molecular complexity index is 770. The SMILES string of the molecule is Cc1nc(-c2nnn(C)c2COC(=O)N(C)CC2CCC2)ccc1O. The van der Waals surface area contributed by atoms with Gasteiger partial charge in [0.25, 0.3) is 0 Å². The molecule has 1 N–H and O–H groups in total. The Morgan fingerprint density at radius 1 is 1.44 bits per heavy atom. The van der Waals surface area contributed by atoms with E-state index in [9.17, 15) is 9.90 Å². The predicted molar refractivity (Wildman–Crippen MR) is 90.8 cm³/mol. The number of carbonyl (C=O) groups excluding carboxylic acids is 1. The van der Waals surface area contributed by atoms with E-state index in [2.05, 4.69) is 15.3 Å². The highest BCUT2D eigenvalue weighted by Crippen LogP contribution is 2.27. The van der Waals surface area contributed by atoms with E-state index < -0.39 is 0 Å². The van der Waals surface area contributed by atoms with E-state index in [4.69, 9.17) is 4.74 Å². The first-order valence-electron chi connectivity index (χ1n) is 8.39. The van der Waals surface area contributed by atoms with Crippen LogP contribution in [0.2, 0.25) is 0 Å². The topological polar surface area (TPSA) is 93.4 Å². The quantitative estimate of drug-likeness (QED) is 0.893. The lowest BCUT2D eigenvalue weighted by Gasteiger charge is -2.29. The van der Waals surface area contributed by atoms with Crippen LogP contribution in [0.1, 0.15) is 30.7 Å². The summed E-state index contributed by atoms with van der Waals surface area (Å²) in [5.74, 6) is 0.717. The van der Waals surface area contributed by atoms with Crippen LogP contribution in [0, 0.1) is 12.8 Å². The number of hydrogen-bond donors (Lipinski definition) is 1. The van der Waals surface area contributed by atoms with E-state index in [0.717, 1.165) is 6.54 Å². The molecule has 0 unspecified atom stereocenters. The molecule has 0 bridgehead atoms. The van der Waals surface area contributed by atoms with E-state index in [1.807, 2.05) is 0 Å². The third kappa shape index (κ3) is 3.72. The lowest BCUT2D eigenvalue weighted by Crippen LogP contribution is -2.34. The van der Waals surface area contributed by atoms with E-state index in [1.54, 1.807) is 42.7 Å². The van der Waals surface area contributed by atoms with Crippen molar-refractivity contribution in [3.63, 3.8) is 0 Å². The second kappa shape index (κ2) is 7.08. The first-order chi connectivity index (χ1) is 12.0. The summed E-state index contributed by atoms with van der Waals surface area (Å²) in [5, 5.41) is 17.7. The normalized spacial score (nSPS) is 14.2. The zero-order valence-electron chi connectivity index (χ0n) is 14.8. The molecule has 1 amide bonds. The molecule has 1 aliphatic rings. The average molecular weight is 345 g/mol. The standard InChI is InChI=1S/C17H23N5O3/c1-11-15(23)8-7-13(18-11)16-14(22(3)20-19-16)10-25-17(24)21(2)9-12-5-4-6-12/h7-8,12,23H,4-6,9-10H2,1-3H3. The fourth-order valence-electron chi connectivity index (χ4n) is 2.80. The molecule has 3 rings (SSSR count). The number of aryl methyl sites for hydroxylation is 2. The lowest BCUT2D eigenvalue weighted by atomic mass is 9.85. The number of rotatable bonds is 5. The number of aromatic hydroxyl groups is 1. The molecule has 0 aliphatic heterocycles. The molecule has 2 aromatic heterocycles. The molecule has 0 spiro atoms. The first kappa shape index (κ1) is 17.2. The lowest BCUT2D eigenvalue weighted by molar-refractivity contribution is 0.0913. The number of amides is 1. The molecule has 134 valence electrons. The molecule has 2 aromatic rings. The summed E-state index contributed by atoms with van der Waals surface area (Å²) in [7, 11) is 3.50. The van der Waals surface area contributed by atoms with Gasteiger partial charge in [0.2, 0.25) is 0 Å². The van der Waals surface area contributed by atoms with Gasteiger partial charge < -0.3 is 14.7 Å². The molecule has 2 heterocycles. The van der Waals surface area contributed by atoms with Gasteiger partial charge in [-0.25, -0.2) is 14.5 Å². The highest BCUT2D eigenvalue weighted by Gasteiger charge is 2.23. The Kier molecular flexibility index (Phi) is 4.87. The van der Waals surface area contributed by atoms with Crippen LogP contribution in [0.3, 0.4) is 0 Å². The maximum Gasteiger partial charge on any atom is 0.409 e. The highest BCUT2D eigenvalue weighted by molar-refractivity contribution is 5.67. The number of pyridine rings is 1. The van der Waals surface area contributed by atoms with Crippen LogP contribution in [0.5, 0.6) is 5.75 Å². The van der Waals surface area contributed by atoms with Gasteiger partial charge in [0.05, 0.1) is 11.4 Å². The molecule has 0 atom stereocenters. The second-order valence-electron chi connectivity index (χ2n) is 6.54. The molecule has 1 fully saturated rings. The van der Waals surface area contributed by atoms with Crippen LogP contribution in [-0.2, 0) is 18.4 Å². The molecular weight excluding hydrogens is 322 g/mol. The molecule has 0 saturated heterocycles. The van der Waals surface area contributed by atoms with Crippen molar-refractivity contribution in [1.29, 1.82) is 0 Å². The summed E-state index contributed by atoms with van der Waals surface area (Å²) in [4.78, 5) is 18.1. The Balaban J connectivity index is 1.69. The molecule has 8 nitrogen and oxygen atoms in total. The zero-order valence-corrected chi connectivity index (χ0v) is 14.8. The van der Waals surface area contributed by atoms with Crippen molar-refractivity contribution in [2.75, 3.05) is 13.6 Å². The van der Waals surface area contributed by atoms with Gasteiger partial charge in [-0.2, -0.15) is 0 Å². The zero-order chi connectivity index (χ0) is 18.0. The van der Waals surface area contributed by atoms with E-state index in [1.165, 1.54) is 19.3 Å². The number of aromatic nitrogens is 4. The molecule has 1 aliphatic carbocycles. The Morgan fingerprint density at radius 2 is 2.20 bits per heavy atom. The molecular formula is C17H23N5O3. The van der Waals surface area contributed by atoms with Crippen molar-refractivity contribution in [2.45, 2.75) is 32.8 Å². The number of nitrogens with zero attached hydrogens (tertiary/aromatic N) is 5. The number of hydrogen-bond acceptors (Lipinski definition) is 6. The summed E-state index contributed by atoms with van der Waals surface area (Å²) < 4.78 is 6.99. The van der Waals surface area contributed by atoms with Crippen LogP contribution in [0.4, 0.5) is 4.79 Å².